The third kappa shape index (κ3) is 40.4. The van der Waals surface area contributed by atoms with E-state index in [0.29, 0.717) is 17.4 Å². The number of phosphoric acid groups is 1. The molecular formula is C47H88N2O6P+. The molecule has 0 saturated heterocycles. The molecule has 3 atom stereocenters. The van der Waals surface area contributed by atoms with Crippen LogP contribution in [0, 0.1) is 0 Å². The van der Waals surface area contributed by atoms with E-state index in [1.54, 1.807) is 6.08 Å². The minimum absolute atomic E-state index is 0.0518. The van der Waals surface area contributed by atoms with Crippen molar-refractivity contribution >= 4 is 13.7 Å². The van der Waals surface area contributed by atoms with E-state index in [4.69, 9.17) is 9.05 Å². The standard InChI is InChI=1S/C47H87N2O6P/c1-6-8-10-12-14-16-18-20-21-22-23-24-25-26-27-29-31-33-35-37-39-41-47(51)48-45(44-55-56(52,53)54-43-42-49(3,4)5)46(50)40-38-36-34-32-30-28-19-17-15-13-11-9-7-2/h8,10,14-17,30,32,38,40,45-46,50H,6-7,9,11-13,18-29,31,33-37,39,41-44H2,1-5H3,(H-,48,51,52,53)/p+1/b10-8-,16-14-,17-15+,32-30+,40-38+. The number of phosphoric ester groups is 1. The number of rotatable bonds is 40. The molecule has 326 valence electrons. The van der Waals surface area contributed by atoms with Crippen molar-refractivity contribution in [1.29, 1.82) is 0 Å². The minimum Gasteiger partial charge on any atom is -0.387 e. The number of amides is 1. The summed E-state index contributed by atoms with van der Waals surface area (Å²) in [4.78, 5) is 23.1. The van der Waals surface area contributed by atoms with Crippen LogP contribution in [0.15, 0.2) is 60.8 Å². The maximum Gasteiger partial charge on any atom is 0.472 e. The van der Waals surface area contributed by atoms with Crippen LogP contribution in [0.25, 0.3) is 0 Å². The predicted molar refractivity (Wildman–Crippen MR) is 240 cm³/mol. The zero-order valence-corrected chi connectivity index (χ0v) is 37.8. The number of unbranched alkanes of at least 4 members (excludes halogenated alkanes) is 19. The van der Waals surface area contributed by atoms with Crippen LogP contribution in [0.1, 0.15) is 181 Å². The van der Waals surface area contributed by atoms with Crippen LogP contribution in [-0.2, 0) is 18.4 Å². The molecule has 0 aliphatic rings. The molecule has 0 saturated carbocycles. The molecule has 1 amide bonds. The Bertz CT molecular complexity index is 1100. The maximum atomic E-state index is 12.9. The van der Waals surface area contributed by atoms with Crippen LogP contribution in [0.3, 0.4) is 0 Å². The van der Waals surface area contributed by atoms with Gasteiger partial charge in [0, 0.05) is 6.42 Å². The highest BCUT2D eigenvalue weighted by Crippen LogP contribution is 2.43. The number of nitrogens with zero attached hydrogens (tertiary/aromatic N) is 1. The lowest BCUT2D eigenvalue weighted by molar-refractivity contribution is -0.870. The lowest BCUT2D eigenvalue weighted by Crippen LogP contribution is -2.45. The molecule has 3 N–H and O–H groups in total. The van der Waals surface area contributed by atoms with E-state index >= 15 is 0 Å². The second-order valence-corrected chi connectivity index (χ2v) is 17.8. The second-order valence-electron chi connectivity index (χ2n) is 16.4. The average Bonchev–Trinajstić information content (AvgIpc) is 3.15. The van der Waals surface area contributed by atoms with Gasteiger partial charge in [-0.25, -0.2) is 4.57 Å². The van der Waals surface area contributed by atoms with Crippen LogP contribution in [0.4, 0.5) is 0 Å². The summed E-state index contributed by atoms with van der Waals surface area (Å²) in [6.45, 7) is 4.64. The molecule has 0 rings (SSSR count). The van der Waals surface area contributed by atoms with Gasteiger partial charge in [0.2, 0.25) is 5.91 Å². The van der Waals surface area contributed by atoms with Gasteiger partial charge in [-0.05, 0) is 70.6 Å². The van der Waals surface area contributed by atoms with Gasteiger partial charge < -0.3 is 19.8 Å². The number of carbonyl (C=O) groups is 1. The SMILES string of the molecule is CC/C=C\C/C=C\CCCCCCCCCCCCCCCCC(=O)NC(COP(=O)(O)OCC[N+](C)(C)C)C(O)/C=C/CC/C=C/CC/C=C/CCCCC. The van der Waals surface area contributed by atoms with Crippen molar-refractivity contribution in [3.8, 4) is 0 Å². The molecular weight excluding hydrogens is 719 g/mol. The Labute approximate surface area is 345 Å². The van der Waals surface area contributed by atoms with Crippen molar-refractivity contribution in [2.24, 2.45) is 0 Å². The number of likely N-dealkylation sites (N-methyl/N-ethyl adjacent to an activating group) is 1. The van der Waals surface area contributed by atoms with Crippen LogP contribution in [0.2, 0.25) is 0 Å². The van der Waals surface area contributed by atoms with Gasteiger partial charge in [-0.15, -0.1) is 0 Å². The largest absolute Gasteiger partial charge is 0.472 e. The Morgan fingerprint density at radius 1 is 0.625 bits per heavy atom. The minimum atomic E-state index is -4.35. The highest BCUT2D eigenvalue weighted by molar-refractivity contribution is 7.47. The molecule has 0 spiro atoms. The average molecular weight is 808 g/mol. The van der Waals surface area contributed by atoms with Gasteiger partial charge in [0.1, 0.15) is 13.2 Å². The summed E-state index contributed by atoms with van der Waals surface area (Å²) in [7, 11) is 1.54. The van der Waals surface area contributed by atoms with E-state index < -0.39 is 20.0 Å². The van der Waals surface area contributed by atoms with Gasteiger partial charge in [-0.2, -0.15) is 0 Å². The third-order valence-electron chi connectivity index (χ3n) is 9.70. The molecule has 0 heterocycles. The highest BCUT2D eigenvalue weighted by atomic mass is 31.2. The smallest absolute Gasteiger partial charge is 0.387 e. The number of allylic oxidation sites excluding steroid dienone is 9. The Morgan fingerprint density at radius 3 is 1.62 bits per heavy atom. The quantitative estimate of drug-likeness (QED) is 0.0246. The summed E-state index contributed by atoms with van der Waals surface area (Å²) in [5.74, 6) is -0.195. The van der Waals surface area contributed by atoms with Crippen molar-refractivity contribution in [3.05, 3.63) is 60.8 Å². The number of aliphatic hydroxyl groups is 1. The van der Waals surface area contributed by atoms with E-state index in [0.717, 1.165) is 64.2 Å². The van der Waals surface area contributed by atoms with Gasteiger partial charge in [0.05, 0.1) is 39.9 Å². The summed E-state index contributed by atoms with van der Waals surface area (Å²) < 4.78 is 23.5. The first-order chi connectivity index (χ1) is 27.0. The Balaban J connectivity index is 4.37. The molecule has 0 bridgehead atoms. The Morgan fingerprint density at radius 2 is 1.09 bits per heavy atom. The van der Waals surface area contributed by atoms with Crippen LogP contribution < -0.4 is 5.32 Å². The van der Waals surface area contributed by atoms with Crippen molar-refractivity contribution < 1.29 is 32.9 Å². The summed E-state index contributed by atoms with van der Waals surface area (Å²) in [5.41, 5.74) is 0. The molecule has 0 aromatic rings. The molecule has 3 unspecified atom stereocenters. The predicted octanol–water partition coefficient (Wildman–Crippen LogP) is 12.6. The number of hydrogen-bond acceptors (Lipinski definition) is 5. The van der Waals surface area contributed by atoms with Gasteiger partial charge in [0.15, 0.2) is 0 Å². The fourth-order valence-electron chi connectivity index (χ4n) is 6.11. The van der Waals surface area contributed by atoms with Crippen molar-refractivity contribution in [2.75, 3.05) is 40.9 Å². The molecule has 9 heteroatoms. The summed E-state index contributed by atoms with van der Waals surface area (Å²) in [6.07, 6.45) is 50.1. The fraction of sp³-hybridized carbons (Fsp3) is 0.766. The Hall–Kier alpha value is -1.80. The zero-order valence-electron chi connectivity index (χ0n) is 36.9. The van der Waals surface area contributed by atoms with Gasteiger partial charge >= 0.3 is 7.82 Å². The van der Waals surface area contributed by atoms with Crippen LogP contribution >= 0.6 is 7.82 Å². The highest BCUT2D eigenvalue weighted by Gasteiger charge is 2.27. The lowest BCUT2D eigenvalue weighted by Gasteiger charge is -2.25. The van der Waals surface area contributed by atoms with Crippen LogP contribution in [-0.4, -0.2) is 73.4 Å². The topological polar surface area (TPSA) is 105 Å². The van der Waals surface area contributed by atoms with E-state index in [1.165, 1.54) is 96.3 Å². The number of aliphatic hydroxyl groups excluding tert-OH is 1. The summed E-state index contributed by atoms with van der Waals surface area (Å²) in [6, 6.07) is -0.869. The number of nitrogens with one attached hydrogen (secondary N) is 1. The lowest BCUT2D eigenvalue weighted by atomic mass is 10.0. The Kier molecular flexibility index (Phi) is 37.5. The molecule has 56 heavy (non-hydrogen) atoms. The van der Waals surface area contributed by atoms with E-state index in [9.17, 15) is 19.4 Å². The summed E-state index contributed by atoms with van der Waals surface area (Å²) in [5, 5.41) is 13.8. The van der Waals surface area contributed by atoms with Gasteiger partial charge in [-0.1, -0.05) is 164 Å². The molecule has 0 aromatic carbocycles. The van der Waals surface area contributed by atoms with E-state index in [-0.39, 0.29) is 19.1 Å². The number of quaternary nitrogens is 1. The molecule has 0 aromatic heterocycles. The van der Waals surface area contributed by atoms with Crippen molar-refractivity contribution in [3.63, 3.8) is 0 Å². The van der Waals surface area contributed by atoms with E-state index in [1.807, 2.05) is 27.2 Å². The van der Waals surface area contributed by atoms with Crippen LogP contribution in [0.5, 0.6) is 0 Å². The number of carbonyl (C=O) groups excluding carboxylic acids is 1. The molecule has 0 aliphatic heterocycles. The molecule has 0 fully saturated rings. The van der Waals surface area contributed by atoms with Gasteiger partial charge in [-0.3, -0.25) is 13.8 Å². The monoisotopic (exact) mass is 808 g/mol. The first-order valence-corrected chi connectivity index (χ1v) is 24.2. The van der Waals surface area contributed by atoms with Crippen molar-refractivity contribution in [2.45, 2.75) is 193 Å². The number of hydrogen-bond donors (Lipinski definition) is 3. The van der Waals surface area contributed by atoms with E-state index in [2.05, 4.69) is 67.8 Å². The van der Waals surface area contributed by atoms with Gasteiger partial charge in [0.25, 0.3) is 0 Å². The first kappa shape index (κ1) is 54.2. The third-order valence-corrected chi connectivity index (χ3v) is 10.7. The first-order valence-electron chi connectivity index (χ1n) is 22.7. The normalized spacial score (nSPS) is 14.9. The zero-order chi connectivity index (χ0) is 41.4. The fourth-order valence-corrected chi connectivity index (χ4v) is 6.85. The second kappa shape index (κ2) is 38.7. The molecule has 0 radical (unpaired) electrons. The summed E-state index contributed by atoms with van der Waals surface area (Å²) >= 11 is 0. The van der Waals surface area contributed by atoms with Crippen molar-refractivity contribution in [1.82, 2.24) is 5.32 Å². The molecule has 8 nitrogen and oxygen atoms in total. The molecule has 0 aliphatic carbocycles. The maximum absolute atomic E-state index is 12.9.